The lowest BCUT2D eigenvalue weighted by Crippen LogP contribution is -2.50. The van der Waals surface area contributed by atoms with Crippen molar-refractivity contribution in [1.82, 2.24) is 19.4 Å². The van der Waals surface area contributed by atoms with Crippen molar-refractivity contribution in [2.24, 2.45) is 0 Å². The van der Waals surface area contributed by atoms with E-state index >= 15 is 0 Å². The molecule has 0 atom stereocenters. The summed E-state index contributed by atoms with van der Waals surface area (Å²) in [6.07, 6.45) is 3.61. The second-order valence-corrected chi connectivity index (χ2v) is 8.01. The zero-order valence-electron chi connectivity index (χ0n) is 12.9. The molecule has 122 valence electrons. The molecule has 0 aromatic heterocycles. The number of carbonyl (C=O) groups excluding carboxylic acids is 1. The predicted molar refractivity (Wildman–Crippen MR) is 81.7 cm³/mol. The first-order valence-corrected chi connectivity index (χ1v) is 9.40. The van der Waals surface area contributed by atoms with E-state index in [0.29, 0.717) is 25.9 Å². The molecule has 21 heavy (non-hydrogen) atoms. The van der Waals surface area contributed by atoms with Crippen molar-refractivity contribution in [2.75, 3.05) is 52.6 Å². The fourth-order valence-corrected chi connectivity index (χ4v) is 3.72. The molecule has 0 saturated carbocycles. The summed E-state index contributed by atoms with van der Waals surface area (Å²) in [6.45, 7) is 4.46. The van der Waals surface area contributed by atoms with E-state index in [2.05, 4.69) is 17.3 Å². The molecule has 0 spiro atoms. The first-order chi connectivity index (χ1) is 9.86. The van der Waals surface area contributed by atoms with E-state index in [1.807, 2.05) is 4.90 Å². The molecule has 8 heteroatoms. The highest BCUT2D eigenvalue weighted by atomic mass is 32.2. The highest BCUT2D eigenvalue weighted by Crippen LogP contribution is 2.13. The Labute approximate surface area is 127 Å². The quantitative estimate of drug-likeness (QED) is 0.762. The average Bonchev–Trinajstić information content (AvgIpc) is 2.63. The van der Waals surface area contributed by atoms with Crippen LogP contribution in [-0.4, -0.2) is 87.2 Å². The minimum atomic E-state index is -3.10. The van der Waals surface area contributed by atoms with Crippen molar-refractivity contribution < 1.29 is 13.2 Å². The third-order valence-electron chi connectivity index (χ3n) is 4.26. The Balaban J connectivity index is 1.79. The summed E-state index contributed by atoms with van der Waals surface area (Å²) in [5.41, 5.74) is 0. The van der Waals surface area contributed by atoms with Crippen LogP contribution in [0.25, 0.3) is 0 Å². The van der Waals surface area contributed by atoms with Gasteiger partial charge in [0, 0.05) is 38.8 Å². The van der Waals surface area contributed by atoms with Crippen molar-refractivity contribution in [2.45, 2.75) is 25.3 Å². The van der Waals surface area contributed by atoms with Gasteiger partial charge in [-0.25, -0.2) is 17.5 Å². The molecule has 2 heterocycles. The topological polar surface area (TPSA) is 73.0 Å². The maximum absolute atomic E-state index is 12.3. The van der Waals surface area contributed by atoms with Crippen LogP contribution in [0.3, 0.4) is 0 Å². The number of piperidine rings is 1. The molecule has 2 saturated heterocycles. The van der Waals surface area contributed by atoms with Crippen LogP contribution in [0.1, 0.15) is 19.3 Å². The number of hydrogen-bond donors (Lipinski definition) is 1. The van der Waals surface area contributed by atoms with Gasteiger partial charge in [-0.2, -0.15) is 0 Å². The summed E-state index contributed by atoms with van der Waals surface area (Å²) in [5.74, 6) is 0. The molecule has 0 aromatic rings. The molecule has 2 aliphatic rings. The van der Waals surface area contributed by atoms with E-state index in [9.17, 15) is 13.2 Å². The maximum Gasteiger partial charge on any atom is 0.317 e. The summed E-state index contributed by atoms with van der Waals surface area (Å²) in [4.78, 5) is 16.4. The van der Waals surface area contributed by atoms with Gasteiger partial charge in [-0.3, -0.25) is 0 Å². The number of nitrogens with one attached hydrogen (secondary N) is 1. The highest BCUT2D eigenvalue weighted by molar-refractivity contribution is 7.88. The van der Waals surface area contributed by atoms with Gasteiger partial charge in [-0.15, -0.1) is 0 Å². The van der Waals surface area contributed by atoms with Gasteiger partial charge in [-0.1, -0.05) is 0 Å². The number of hydrogen-bond acceptors (Lipinski definition) is 4. The van der Waals surface area contributed by atoms with Crippen LogP contribution in [0.2, 0.25) is 0 Å². The molecule has 0 unspecified atom stereocenters. The summed E-state index contributed by atoms with van der Waals surface area (Å²) < 4.78 is 24.4. The van der Waals surface area contributed by atoms with Crippen molar-refractivity contribution in [3.05, 3.63) is 0 Å². The Morgan fingerprint density at radius 3 is 2.33 bits per heavy atom. The first-order valence-electron chi connectivity index (χ1n) is 7.55. The van der Waals surface area contributed by atoms with Gasteiger partial charge in [0.15, 0.2) is 0 Å². The van der Waals surface area contributed by atoms with Crippen molar-refractivity contribution in [1.29, 1.82) is 0 Å². The van der Waals surface area contributed by atoms with Gasteiger partial charge in [-0.05, 0) is 32.9 Å². The average molecular weight is 318 g/mol. The summed E-state index contributed by atoms with van der Waals surface area (Å²) in [7, 11) is -1.03. The molecule has 2 aliphatic heterocycles. The second-order valence-electron chi connectivity index (χ2n) is 6.03. The van der Waals surface area contributed by atoms with Crippen LogP contribution in [0.4, 0.5) is 4.79 Å². The lowest BCUT2D eigenvalue weighted by molar-refractivity contribution is 0.188. The number of amides is 2. The van der Waals surface area contributed by atoms with Gasteiger partial charge in [0.2, 0.25) is 10.0 Å². The molecule has 2 amide bonds. The van der Waals surface area contributed by atoms with Gasteiger partial charge in [0.05, 0.1) is 6.26 Å². The van der Waals surface area contributed by atoms with Gasteiger partial charge in [0.1, 0.15) is 0 Å². The molecule has 2 rings (SSSR count). The summed E-state index contributed by atoms with van der Waals surface area (Å²) in [6, 6.07) is 0.0691. The lowest BCUT2D eigenvalue weighted by atomic mass is 10.1. The Hall–Kier alpha value is -0.860. The van der Waals surface area contributed by atoms with Crippen LogP contribution >= 0.6 is 0 Å². The number of sulfonamides is 1. The second kappa shape index (κ2) is 6.93. The normalized spacial score (nSPS) is 23.8. The third-order valence-corrected chi connectivity index (χ3v) is 5.56. The molecule has 0 aromatic carbocycles. The fourth-order valence-electron chi connectivity index (χ4n) is 2.85. The SMILES string of the molecule is CN1CCCN(C(=O)NC2CCN(S(C)(=O)=O)CC2)CC1. The van der Waals surface area contributed by atoms with E-state index in [-0.39, 0.29) is 12.1 Å². The summed E-state index contributed by atoms with van der Waals surface area (Å²) in [5, 5.41) is 3.05. The fraction of sp³-hybridized carbons (Fsp3) is 0.923. The van der Waals surface area contributed by atoms with Crippen molar-refractivity contribution in [3.8, 4) is 0 Å². The Morgan fingerprint density at radius 1 is 1.05 bits per heavy atom. The number of nitrogens with zero attached hydrogens (tertiary/aromatic N) is 3. The van der Waals surface area contributed by atoms with Gasteiger partial charge in [0.25, 0.3) is 0 Å². The predicted octanol–water partition coefficient (Wildman–Crippen LogP) is -0.242. The Morgan fingerprint density at radius 2 is 1.71 bits per heavy atom. The van der Waals surface area contributed by atoms with Crippen LogP contribution in [0, 0.1) is 0 Å². The zero-order chi connectivity index (χ0) is 15.5. The number of likely N-dealkylation sites (N-methyl/N-ethyl adjacent to an activating group) is 1. The first kappa shape index (κ1) is 16.5. The largest absolute Gasteiger partial charge is 0.335 e. The van der Waals surface area contributed by atoms with Crippen molar-refractivity contribution in [3.63, 3.8) is 0 Å². The smallest absolute Gasteiger partial charge is 0.317 e. The molecular weight excluding hydrogens is 292 g/mol. The van der Waals surface area contributed by atoms with Crippen LogP contribution in [-0.2, 0) is 10.0 Å². The molecule has 2 fully saturated rings. The minimum Gasteiger partial charge on any atom is -0.335 e. The molecule has 0 aliphatic carbocycles. The van der Waals surface area contributed by atoms with E-state index in [1.54, 1.807) is 0 Å². The minimum absolute atomic E-state index is 0.0110. The molecular formula is C13H26N4O3S. The van der Waals surface area contributed by atoms with E-state index in [1.165, 1.54) is 10.6 Å². The number of urea groups is 1. The van der Waals surface area contributed by atoms with E-state index in [0.717, 1.165) is 32.6 Å². The van der Waals surface area contributed by atoms with E-state index < -0.39 is 10.0 Å². The zero-order valence-corrected chi connectivity index (χ0v) is 13.7. The number of carbonyl (C=O) groups is 1. The molecule has 0 bridgehead atoms. The van der Waals surface area contributed by atoms with E-state index in [4.69, 9.17) is 0 Å². The van der Waals surface area contributed by atoms with Gasteiger partial charge < -0.3 is 15.1 Å². The monoisotopic (exact) mass is 318 g/mol. The number of rotatable bonds is 2. The highest BCUT2D eigenvalue weighted by Gasteiger charge is 2.27. The standard InChI is InChI=1S/C13H26N4O3S/c1-15-6-3-7-16(11-10-15)13(18)14-12-4-8-17(9-5-12)21(2,19)20/h12H,3-11H2,1-2H3,(H,14,18). The van der Waals surface area contributed by atoms with Crippen LogP contribution in [0.5, 0.6) is 0 Å². The summed E-state index contributed by atoms with van der Waals surface area (Å²) >= 11 is 0. The molecule has 1 N–H and O–H groups in total. The molecule has 0 radical (unpaired) electrons. The Bertz CT molecular complexity index is 460. The van der Waals surface area contributed by atoms with Crippen LogP contribution < -0.4 is 5.32 Å². The molecule has 7 nitrogen and oxygen atoms in total. The van der Waals surface area contributed by atoms with Gasteiger partial charge >= 0.3 is 6.03 Å². The third kappa shape index (κ3) is 4.82. The lowest BCUT2D eigenvalue weighted by Gasteiger charge is -2.32. The van der Waals surface area contributed by atoms with Crippen molar-refractivity contribution >= 4 is 16.1 Å². The maximum atomic E-state index is 12.3. The Kier molecular flexibility index (Phi) is 5.45. The van der Waals surface area contributed by atoms with Crippen LogP contribution in [0.15, 0.2) is 0 Å².